The highest BCUT2D eigenvalue weighted by atomic mass is 19.4. The molecule has 2 aromatic rings. The van der Waals surface area contributed by atoms with Crippen LogP contribution in [-0.2, 0) is 10.9 Å². The topological polar surface area (TPSA) is 73.1 Å². The van der Waals surface area contributed by atoms with Crippen molar-refractivity contribution >= 4 is 5.91 Å². The van der Waals surface area contributed by atoms with Gasteiger partial charge in [0.15, 0.2) is 0 Å². The predicted octanol–water partition coefficient (Wildman–Crippen LogP) is 2.43. The number of imidazole rings is 1. The number of carbonyl (C=O) groups excluding carboxylic acids is 1. The van der Waals surface area contributed by atoms with Gasteiger partial charge in [-0.3, -0.25) is 4.79 Å². The first-order chi connectivity index (χ1) is 12.4. The van der Waals surface area contributed by atoms with Crippen LogP contribution >= 0.6 is 0 Å². The van der Waals surface area contributed by atoms with Gasteiger partial charge in [0.25, 0.3) is 5.91 Å². The zero-order valence-electron chi connectivity index (χ0n) is 14.1. The number of methoxy groups -OCH3 is 1. The van der Waals surface area contributed by atoms with Crippen molar-refractivity contribution in [3.05, 3.63) is 42.5 Å². The molecule has 10 heteroatoms. The molecule has 7 nitrogen and oxygen atoms in total. The van der Waals surface area contributed by atoms with E-state index in [2.05, 4.69) is 15.0 Å². The van der Waals surface area contributed by atoms with Crippen LogP contribution in [0, 0.1) is 0 Å². The van der Waals surface area contributed by atoms with Gasteiger partial charge >= 0.3 is 6.18 Å². The molecule has 2 aromatic heterocycles. The normalized spacial score (nSPS) is 20.8. The van der Waals surface area contributed by atoms with E-state index in [1.165, 1.54) is 28.4 Å². The summed E-state index contributed by atoms with van der Waals surface area (Å²) in [4.78, 5) is 24.0. The molecule has 3 rings (SSSR count). The molecule has 0 spiro atoms. The van der Waals surface area contributed by atoms with Gasteiger partial charge < -0.3 is 4.74 Å². The van der Waals surface area contributed by atoms with Crippen molar-refractivity contribution in [2.45, 2.75) is 44.0 Å². The smallest absolute Gasteiger partial charge is 0.381 e. The number of ether oxygens (including phenoxy) is 1. The molecule has 140 valence electrons. The van der Waals surface area contributed by atoms with Gasteiger partial charge in [0.2, 0.25) is 0 Å². The van der Waals surface area contributed by atoms with Gasteiger partial charge in [0, 0.05) is 25.7 Å². The lowest BCUT2D eigenvalue weighted by molar-refractivity contribution is -0.138. The van der Waals surface area contributed by atoms with Crippen LogP contribution in [0.4, 0.5) is 13.2 Å². The fourth-order valence-electron chi connectivity index (χ4n) is 3.18. The molecule has 0 atom stereocenters. The maximum Gasteiger partial charge on any atom is 0.420 e. The molecule has 0 aliphatic heterocycles. The minimum absolute atomic E-state index is 0.0933. The van der Waals surface area contributed by atoms with Gasteiger partial charge in [-0.25, -0.2) is 24.6 Å². The van der Waals surface area contributed by atoms with Crippen LogP contribution in [0.3, 0.4) is 0 Å². The van der Waals surface area contributed by atoms with Gasteiger partial charge in [0.05, 0.1) is 12.1 Å². The lowest BCUT2D eigenvalue weighted by Gasteiger charge is -2.36. The van der Waals surface area contributed by atoms with Crippen LogP contribution < -0.4 is 5.01 Å². The molecule has 1 aliphatic rings. The van der Waals surface area contributed by atoms with Crippen LogP contribution in [0.15, 0.2) is 31.2 Å². The summed E-state index contributed by atoms with van der Waals surface area (Å²) in [5, 5.41) is 1.29. The Morgan fingerprint density at radius 3 is 2.58 bits per heavy atom. The molecule has 1 fully saturated rings. The molecular weight excluding hydrogens is 351 g/mol. The lowest BCUT2D eigenvalue weighted by atomic mass is 9.92. The lowest BCUT2D eigenvalue weighted by Crippen LogP contribution is -2.50. The van der Waals surface area contributed by atoms with Crippen molar-refractivity contribution in [2.75, 3.05) is 12.1 Å². The average molecular weight is 369 g/mol. The first-order valence-corrected chi connectivity index (χ1v) is 8.13. The Morgan fingerprint density at radius 2 is 2.00 bits per heavy atom. The first-order valence-electron chi connectivity index (χ1n) is 8.13. The quantitative estimate of drug-likeness (QED) is 0.828. The molecule has 1 amide bonds. The van der Waals surface area contributed by atoms with Crippen LogP contribution in [0.2, 0.25) is 0 Å². The molecular formula is C16H18F3N5O2. The summed E-state index contributed by atoms with van der Waals surface area (Å²) in [6, 6.07) is -0.279. The summed E-state index contributed by atoms with van der Waals surface area (Å²) < 4.78 is 46.5. The zero-order chi connectivity index (χ0) is 18.7. The first kappa shape index (κ1) is 18.3. The minimum Gasteiger partial charge on any atom is -0.381 e. The van der Waals surface area contributed by atoms with E-state index in [0.29, 0.717) is 19.0 Å². The summed E-state index contributed by atoms with van der Waals surface area (Å²) in [7, 11) is 1.63. The van der Waals surface area contributed by atoms with Crippen molar-refractivity contribution < 1.29 is 22.7 Å². The number of rotatable bonds is 4. The Balaban J connectivity index is 1.95. The molecule has 1 aliphatic carbocycles. The fraction of sp³-hybridized carbons (Fsp3) is 0.500. The van der Waals surface area contributed by atoms with E-state index in [4.69, 9.17) is 4.74 Å². The number of aromatic nitrogens is 4. The van der Waals surface area contributed by atoms with E-state index in [0.717, 1.165) is 19.2 Å². The Hall–Kier alpha value is -2.49. The van der Waals surface area contributed by atoms with Crippen molar-refractivity contribution in [2.24, 2.45) is 0 Å². The van der Waals surface area contributed by atoms with Crippen molar-refractivity contribution in [3.63, 3.8) is 0 Å². The average Bonchev–Trinajstić information content (AvgIpc) is 3.16. The van der Waals surface area contributed by atoms with Gasteiger partial charge in [0.1, 0.15) is 23.9 Å². The van der Waals surface area contributed by atoms with Gasteiger partial charge in [-0.15, -0.1) is 0 Å². The van der Waals surface area contributed by atoms with E-state index in [1.807, 2.05) is 0 Å². The SMILES string of the molecule is COC1CCC(N(C(=O)c2ncncc2C(F)(F)F)n2ccnc2)CC1. The third kappa shape index (κ3) is 3.69. The fourth-order valence-corrected chi connectivity index (χ4v) is 3.18. The Morgan fingerprint density at radius 1 is 1.27 bits per heavy atom. The number of alkyl halides is 3. The summed E-state index contributed by atoms with van der Waals surface area (Å²) in [6.45, 7) is 0. The highest BCUT2D eigenvalue weighted by molar-refractivity contribution is 6.01. The van der Waals surface area contributed by atoms with Crippen LogP contribution in [-0.4, -0.2) is 44.8 Å². The van der Waals surface area contributed by atoms with Crippen LogP contribution in [0.1, 0.15) is 41.7 Å². The number of halogens is 3. The molecule has 2 heterocycles. The number of nitrogens with zero attached hydrogens (tertiary/aromatic N) is 5. The molecule has 0 N–H and O–H groups in total. The monoisotopic (exact) mass is 369 g/mol. The standard InChI is InChI=1S/C16H18F3N5O2/c1-26-12-4-2-11(3-5-12)24(23-7-6-20-10-23)15(25)14-13(16(17,18)19)8-21-9-22-14/h6-12H,2-5H2,1H3. The maximum atomic E-state index is 13.3. The van der Waals surface area contributed by atoms with Crippen LogP contribution in [0.5, 0.6) is 0 Å². The molecule has 0 saturated heterocycles. The predicted molar refractivity (Wildman–Crippen MR) is 84.9 cm³/mol. The second-order valence-corrected chi connectivity index (χ2v) is 6.04. The number of amides is 1. The van der Waals surface area contributed by atoms with Gasteiger partial charge in [-0.2, -0.15) is 13.2 Å². The maximum absolute atomic E-state index is 13.3. The molecule has 0 unspecified atom stereocenters. The largest absolute Gasteiger partial charge is 0.420 e. The molecule has 0 aromatic carbocycles. The summed E-state index contributed by atoms with van der Waals surface area (Å²) in [5.41, 5.74) is -1.82. The van der Waals surface area contributed by atoms with Crippen molar-refractivity contribution in [1.29, 1.82) is 0 Å². The van der Waals surface area contributed by atoms with E-state index in [1.54, 1.807) is 7.11 Å². The third-order valence-corrected chi connectivity index (χ3v) is 4.49. The van der Waals surface area contributed by atoms with E-state index < -0.39 is 23.3 Å². The van der Waals surface area contributed by atoms with Crippen molar-refractivity contribution in [3.8, 4) is 0 Å². The summed E-state index contributed by atoms with van der Waals surface area (Å²) in [5.74, 6) is -0.835. The van der Waals surface area contributed by atoms with E-state index in [-0.39, 0.29) is 12.1 Å². The molecule has 0 radical (unpaired) electrons. The Kier molecular flexibility index (Phi) is 5.21. The minimum atomic E-state index is -4.72. The zero-order valence-corrected chi connectivity index (χ0v) is 14.1. The summed E-state index contributed by atoms with van der Waals surface area (Å²) in [6.07, 6.45) is 3.95. The highest BCUT2D eigenvalue weighted by Crippen LogP contribution is 2.32. The number of carbonyl (C=O) groups is 1. The second kappa shape index (κ2) is 7.40. The molecule has 0 bridgehead atoms. The second-order valence-electron chi connectivity index (χ2n) is 6.04. The van der Waals surface area contributed by atoms with Gasteiger partial charge in [-0.05, 0) is 25.7 Å². The Labute approximate surface area is 147 Å². The number of hydrogen-bond donors (Lipinski definition) is 0. The number of hydrogen-bond acceptors (Lipinski definition) is 5. The van der Waals surface area contributed by atoms with E-state index >= 15 is 0 Å². The van der Waals surface area contributed by atoms with Crippen molar-refractivity contribution in [1.82, 2.24) is 19.6 Å². The Bertz CT molecular complexity index is 743. The van der Waals surface area contributed by atoms with Crippen LogP contribution in [0.25, 0.3) is 0 Å². The van der Waals surface area contributed by atoms with Gasteiger partial charge in [-0.1, -0.05) is 0 Å². The summed E-state index contributed by atoms with van der Waals surface area (Å²) >= 11 is 0. The van der Waals surface area contributed by atoms with E-state index in [9.17, 15) is 18.0 Å². The third-order valence-electron chi connectivity index (χ3n) is 4.49. The molecule has 26 heavy (non-hydrogen) atoms. The highest BCUT2D eigenvalue weighted by Gasteiger charge is 2.40. The molecule has 1 saturated carbocycles.